The average molecular weight is 295 g/mol. The van der Waals surface area contributed by atoms with Crippen molar-refractivity contribution in [2.45, 2.75) is 6.42 Å². The van der Waals surface area contributed by atoms with E-state index >= 15 is 0 Å². The normalized spacial score (nSPS) is 16.1. The molecule has 0 unspecified atom stereocenters. The highest BCUT2D eigenvalue weighted by Crippen LogP contribution is 2.28. The molecule has 6 nitrogen and oxygen atoms in total. The molecule has 2 rings (SSSR count). The lowest BCUT2D eigenvalue weighted by Gasteiger charge is -2.31. The minimum Gasteiger partial charge on any atom is -0.382 e. The van der Waals surface area contributed by atoms with E-state index in [1.165, 1.54) is 11.3 Å². The summed E-state index contributed by atoms with van der Waals surface area (Å²) in [5.74, 6) is 0.169. The van der Waals surface area contributed by atoms with E-state index in [1.54, 1.807) is 6.08 Å². The summed E-state index contributed by atoms with van der Waals surface area (Å²) >= 11 is 1.37. The number of carbonyl (C=O) groups is 1. The van der Waals surface area contributed by atoms with Gasteiger partial charge in [0.15, 0.2) is 5.13 Å². The third kappa shape index (κ3) is 3.49. The first-order valence-electron chi connectivity index (χ1n) is 6.70. The van der Waals surface area contributed by atoms with E-state index in [-0.39, 0.29) is 5.91 Å². The molecule has 1 aliphatic rings. The lowest BCUT2D eigenvalue weighted by atomic mass is 10.3. The number of piperazine rings is 1. The summed E-state index contributed by atoms with van der Waals surface area (Å²) in [7, 11) is 2.10. The molecule has 1 amide bonds. The molecule has 20 heavy (non-hydrogen) atoms. The average Bonchev–Trinajstić information content (AvgIpc) is 2.82. The van der Waals surface area contributed by atoms with Crippen molar-refractivity contribution < 1.29 is 4.79 Å². The van der Waals surface area contributed by atoms with Crippen molar-refractivity contribution in [2.75, 3.05) is 50.4 Å². The van der Waals surface area contributed by atoms with E-state index in [1.807, 2.05) is 0 Å². The summed E-state index contributed by atoms with van der Waals surface area (Å²) in [6.07, 6.45) is 2.52. The number of nitrogens with zero attached hydrogens (tertiary/aromatic N) is 3. The number of amides is 1. The topological polar surface area (TPSA) is 74.5 Å². The van der Waals surface area contributed by atoms with Crippen molar-refractivity contribution in [3.8, 4) is 0 Å². The molecule has 1 fully saturated rings. The molecule has 3 N–H and O–H groups in total. The van der Waals surface area contributed by atoms with E-state index in [2.05, 4.69) is 33.7 Å². The Hall–Kier alpha value is -1.60. The second kappa shape index (κ2) is 6.71. The van der Waals surface area contributed by atoms with Crippen LogP contribution in [0.3, 0.4) is 0 Å². The lowest BCUT2D eigenvalue weighted by molar-refractivity contribution is 0.0959. The lowest BCUT2D eigenvalue weighted by Crippen LogP contribution is -2.44. The van der Waals surface area contributed by atoms with Crippen LogP contribution in [0.5, 0.6) is 0 Å². The fourth-order valence-corrected chi connectivity index (χ4v) is 2.94. The molecule has 1 saturated heterocycles. The minimum absolute atomic E-state index is 0.151. The Morgan fingerprint density at radius 2 is 2.20 bits per heavy atom. The van der Waals surface area contributed by atoms with Crippen molar-refractivity contribution >= 4 is 28.2 Å². The number of nitrogens with two attached hydrogens (primary N) is 1. The van der Waals surface area contributed by atoms with Gasteiger partial charge in [-0.15, -0.1) is 6.58 Å². The smallest absolute Gasteiger partial charge is 0.265 e. The second-order valence-electron chi connectivity index (χ2n) is 4.83. The van der Waals surface area contributed by atoms with Crippen molar-refractivity contribution in [3.05, 3.63) is 17.5 Å². The van der Waals surface area contributed by atoms with Crippen LogP contribution in [0.4, 0.5) is 10.9 Å². The first kappa shape index (κ1) is 14.8. The molecule has 1 aromatic heterocycles. The predicted octanol–water partition coefficient (Wildman–Crippen LogP) is 0.783. The van der Waals surface area contributed by atoms with Crippen LogP contribution in [0.15, 0.2) is 12.7 Å². The van der Waals surface area contributed by atoms with Gasteiger partial charge in [-0.25, -0.2) is 4.98 Å². The molecule has 0 spiro atoms. The van der Waals surface area contributed by atoms with Gasteiger partial charge in [-0.1, -0.05) is 17.4 Å². The Morgan fingerprint density at radius 1 is 1.50 bits per heavy atom. The fourth-order valence-electron chi connectivity index (χ4n) is 1.98. The molecular weight excluding hydrogens is 274 g/mol. The summed E-state index contributed by atoms with van der Waals surface area (Å²) in [6, 6.07) is 0. The van der Waals surface area contributed by atoms with Gasteiger partial charge < -0.3 is 20.9 Å². The maximum atomic E-state index is 12.0. The Labute approximate surface area is 123 Å². The van der Waals surface area contributed by atoms with Crippen LogP contribution < -0.4 is 16.0 Å². The number of nitrogens with one attached hydrogen (secondary N) is 1. The summed E-state index contributed by atoms with van der Waals surface area (Å²) in [6.45, 7) is 8.03. The molecule has 110 valence electrons. The number of anilines is 2. The number of likely N-dealkylation sites (N-methyl/N-ethyl adjacent to an activating group) is 1. The Kier molecular flexibility index (Phi) is 4.97. The number of thiazole rings is 1. The Bertz CT molecular complexity index is 479. The maximum absolute atomic E-state index is 12.0. The van der Waals surface area contributed by atoms with Gasteiger partial charge in [-0.2, -0.15) is 0 Å². The number of hydrogen-bond donors (Lipinski definition) is 2. The first-order chi connectivity index (χ1) is 9.61. The van der Waals surface area contributed by atoms with Crippen molar-refractivity contribution in [2.24, 2.45) is 0 Å². The number of aromatic nitrogens is 1. The summed E-state index contributed by atoms with van der Waals surface area (Å²) in [4.78, 5) is 21.3. The SMILES string of the molecule is C=CCCNC(=O)c1sc(N2CCN(C)CC2)nc1N. The van der Waals surface area contributed by atoms with Crippen LogP contribution in [0.1, 0.15) is 16.1 Å². The summed E-state index contributed by atoms with van der Waals surface area (Å²) in [5.41, 5.74) is 5.86. The fraction of sp³-hybridized carbons (Fsp3) is 0.538. The molecule has 0 aliphatic carbocycles. The molecule has 0 atom stereocenters. The van der Waals surface area contributed by atoms with Crippen molar-refractivity contribution in [1.29, 1.82) is 0 Å². The maximum Gasteiger partial charge on any atom is 0.265 e. The van der Waals surface area contributed by atoms with Gasteiger partial charge >= 0.3 is 0 Å². The molecule has 0 bridgehead atoms. The van der Waals surface area contributed by atoms with E-state index in [9.17, 15) is 4.79 Å². The molecular formula is C13H21N5OS. The van der Waals surface area contributed by atoms with Gasteiger partial charge in [0.1, 0.15) is 10.7 Å². The zero-order valence-electron chi connectivity index (χ0n) is 11.8. The van der Waals surface area contributed by atoms with E-state index in [0.29, 0.717) is 17.2 Å². The van der Waals surface area contributed by atoms with Crippen LogP contribution in [-0.4, -0.2) is 55.6 Å². The van der Waals surface area contributed by atoms with Gasteiger partial charge in [0, 0.05) is 32.7 Å². The molecule has 1 aromatic rings. The second-order valence-corrected chi connectivity index (χ2v) is 5.81. The molecule has 7 heteroatoms. The molecule has 2 heterocycles. The Balaban J connectivity index is 2.01. The summed E-state index contributed by atoms with van der Waals surface area (Å²) in [5, 5.41) is 3.65. The van der Waals surface area contributed by atoms with Gasteiger partial charge in [0.2, 0.25) is 0 Å². The number of rotatable bonds is 5. The van der Waals surface area contributed by atoms with Crippen LogP contribution in [0.2, 0.25) is 0 Å². The number of carbonyl (C=O) groups excluding carboxylic acids is 1. The molecule has 0 aromatic carbocycles. The number of nitrogen functional groups attached to an aromatic ring is 1. The zero-order chi connectivity index (χ0) is 14.5. The highest BCUT2D eigenvalue weighted by molar-refractivity contribution is 7.18. The minimum atomic E-state index is -0.151. The van der Waals surface area contributed by atoms with Gasteiger partial charge in [-0.3, -0.25) is 4.79 Å². The Morgan fingerprint density at radius 3 is 2.85 bits per heavy atom. The third-order valence-corrected chi connectivity index (χ3v) is 4.39. The van der Waals surface area contributed by atoms with E-state index in [4.69, 9.17) is 5.73 Å². The number of hydrogen-bond acceptors (Lipinski definition) is 6. The van der Waals surface area contributed by atoms with Crippen LogP contribution in [0.25, 0.3) is 0 Å². The largest absolute Gasteiger partial charge is 0.382 e. The third-order valence-electron chi connectivity index (χ3n) is 3.26. The molecule has 0 saturated carbocycles. The molecule has 0 radical (unpaired) electrons. The highest BCUT2D eigenvalue weighted by atomic mass is 32.1. The van der Waals surface area contributed by atoms with Crippen molar-refractivity contribution in [1.82, 2.24) is 15.2 Å². The highest BCUT2D eigenvalue weighted by Gasteiger charge is 2.21. The molecule has 1 aliphatic heterocycles. The van der Waals surface area contributed by atoms with Crippen molar-refractivity contribution in [3.63, 3.8) is 0 Å². The monoisotopic (exact) mass is 295 g/mol. The van der Waals surface area contributed by atoms with E-state index in [0.717, 1.165) is 37.7 Å². The van der Waals surface area contributed by atoms with Crippen LogP contribution >= 0.6 is 11.3 Å². The van der Waals surface area contributed by atoms with E-state index < -0.39 is 0 Å². The quantitative estimate of drug-likeness (QED) is 0.620. The van der Waals surface area contributed by atoms with Gasteiger partial charge in [0.05, 0.1) is 0 Å². The van der Waals surface area contributed by atoms with Crippen LogP contribution in [-0.2, 0) is 0 Å². The standard InChI is InChI=1S/C13H21N5OS/c1-3-4-5-15-12(19)10-11(14)16-13(20-10)18-8-6-17(2)7-9-18/h3H,1,4-9,14H2,2H3,(H,15,19). The summed E-state index contributed by atoms with van der Waals surface area (Å²) < 4.78 is 0. The van der Waals surface area contributed by atoms with Gasteiger partial charge in [0.25, 0.3) is 5.91 Å². The van der Waals surface area contributed by atoms with Crippen LogP contribution in [0, 0.1) is 0 Å². The first-order valence-corrected chi connectivity index (χ1v) is 7.52. The van der Waals surface area contributed by atoms with Gasteiger partial charge in [-0.05, 0) is 13.5 Å². The zero-order valence-corrected chi connectivity index (χ0v) is 12.6. The predicted molar refractivity (Wildman–Crippen MR) is 83.4 cm³/mol.